The first kappa shape index (κ1) is 19.5. The lowest BCUT2D eigenvalue weighted by molar-refractivity contribution is 0.0948. The first-order chi connectivity index (χ1) is 13.7. The number of carbonyl (C=O) groups is 1. The number of aromatic nitrogens is 2. The van der Waals surface area contributed by atoms with E-state index in [0.29, 0.717) is 42.4 Å². The van der Waals surface area contributed by atoms with Crippen LogP contribution in [0.2, 0.25) is 0 Å². The molecule has 1 heterocycles. The molecule has 1 amide bonds. The van der Waals surface area contributed by atoms with Crippen molar-refractivity contribution in [3.8, 4) is 11.4 Å². The SMILES string of the molecule is CCCNC(=O)c1cc(NCCc2ccccc2F)nc(-c2ccccc2)n1. The van der Waals surface area contributed by atoms with Gasteiger partial charge in [-0.3, -0.25) is 4.79 Å². The van der Waals surface area contributed by atoms with Crippen molar-refractivity contribution in [3.63, 3.8) is 0 Å². The highest BCUT2D eigenvalue weighted by Crippen LogP contribution is 2.18. The Morgan fingerprint density at radius 3 is 2.50 bits per heavy atom. The summed E-state index contributed by atoms with van der Waals surface area (Å²) in [5.74, 6) is 0.542. The zero-order valence-corrected chi connectivity index (χ0v) is 15.8. The Balaban J connectivity index is 1.80. The van der Waals surface area contributed by atoms with Gasteiger partial charge in [0.05, 0.1) is 0 Å². The predicted molar refractivity (Wildman–Crippen MR) is 109 cm³/mol. The molecule has 144 valence electrons. The van der Waals surface area contributed by atoms with Crippen molar-refractivity contribution < 1.29 is 9.18 Å². The van der Waals surface area contributed by atoms with Crippen LogP contribution < -0.4 is 10.6 Å². The molecule has 0 fully saturated rings. The number of carbonyl (C=O) groups excluding carboxylic acids is 1. The van der Waals surface area contributed by atoms with Gasteiger partial charge in [0.2, 0.25) is 0 Å². The number of anilines is 1. The Hall–Kier alpha value is -3.28. The van der Waals surface area contributed by atoms with Crippen LogP contribution in [0.1, 0.15) is 29.4 Å². The van der Waals surface area contributed by atoms with Crippen LogP contribution in [0, 0.1) is 5.82 Å². The van der Waals surface area contributed by atoms with Gasteiger partial charge >= 0.3 is 0 Å². The smallest absolute Gasteiger partial charge is 0.270 e. The van der Waals surface area contributed by atoms with Gasteiger partial charge in [0.25, 0.3) is 5.91 Å². The number of rotatable bonds is 8. The number of benzene rings is 2. The second-order valence-electron chi connectivity index (χ2n) is 6.35. The van der Waals surface area contributed by atoms with Gasteiger partial charge in [0.15, 0.2) is 5.82 Å². The third-order valence-electron chi connectivity index (χ3n) is 4.18. The molecule has 0 atom stereocenters. The van der Waals surface area contributed by atoms with E-state index in [4.69, 9.17) is 0 Å². The number of amides is 1. The van der Waals surface area contributed by atoms with E-state index in [1.54, 1.807) is 18.2 Å². The van der Waals surface area contributed by atoms with Gasteiger partial charge < -0.3 is 10.6 Å². The van der Waals surface area contributed by atoms with Gasteiger partial charge in [0, 0.05) is 24.7 Å². The maximum Gasteiger partial charge on any atom is 0.270 e. The average Bonchev–Trinajstić information content (AvgIpc) is 2.74. The molecule has 0 radical (unpaired) electrons. The van der Waals surface area contributed by atoms with Crippen LogP contribution in [0.5, 0.6) is 0 Å². The highest BCUT2D eigenvalue weighted by atomic mass is 19.1. The van der Waals surface area contributed by atoms with E-state index in [2.05, 4.69) is 20.6 Å². The Morgan fingerprint density at radius 2 is 1.75 bits per heavy atom. The van der Waals surface area contributed by atoms with Crippen molar-refractivity contribution in [2.24, 2.45) is 0 Å². The first-order valence-corrected chi connectivity index (χ1v) is 9.37. The van der Waals surface area contributed by atoms with E-state index in [1.165, 1.54) is 6.07 Å². The largest absolute Gasteiger partial charge is 0.370 e. The molecule has 0 unspecified atom stereocenters. The number of hydrogen-bond acceptors (Lipinski definition) is 4. The second kappa shape index (κ2) is 9.60. The summed E-state index contributed by atoms with van der Waals surface area (Å²) >= 11 is 0. The van der Waals surface area contributed by atoms with E-state index >= 15 is 0 Å². The van der Waals surface area contributed by atoms with Gasteiger partial charge in [0.1, 0.15) is 17.3 Å². The minimum Gasteiger partial charge on any atom is -0.370 e. The first-order valence-electron chi connectivity index (χ1n) is 9.37. The van der Waals surface area contributed by atoms with Gasteiger partial charge in [-0.05, 0) is 24.5 Å². The van der Waals surface area contributed by atoms with Gasteiger partial charge in [-0.25, -0.2) is 14.4 Å². The number of nitrogens with zero attached hydrogens (tertiary/aromatic N) is 2. The molecule has 0 saturated carbocycles. The molecule has 1 aromatic heterocycles. The van der Waals surface area contributed by atoms with Crippen LogP contribution in [0.4, 0.5) is 10.2 Å². The van der Waals surface area contributed by atoms with E-state index in [-0.39, 0.29) is 11.7 Å². The van der Waals surface area contributed by atoms with Gasteiger partial charge in [-0.15, -0.1) is 0 Å². The molecule has 0 bridgehead atoms. The standard InChI is InChI=1S/C22H23FN4O/c1-2-13-25-22(28)19-15-20(24-14-12-16-8-6-7-11-18(16)23)27-21(26-19)17-9-4-3-5-10-17/h3-11,15H,2,12-14H2,1H3,(H,25,28)(H,24,26,27). The van der Waals surface area contributed by atoms with Crippen molar-refractivity contribution in [2.45, 2.75) is 19.8 Å². The Kier molecular flexibility index (Phi) is 6.68. The lowest BCUT2D eigenvalue weighted by Gasteiger charge is -2.11. The molecule has 5 nitrogen and oxygen atoms in total. The van der Waals surface area contributed by atoms with Crippen LogP contribution in [-0.4, -0.2) is 29.0 Å². The zero-order valence-electron chi connectivity index (χ0n) is 15.8. The fourth-order valence-electron chi connectivity index (χ4n) is 2.73. The molecule has 3 aromatic rings. The summed E-state index contributed by atoms with van der Waals surface area (Å²) in [4.78, 5) is 21.3. The van der Waals surface area contributed by atoms with E-state index < -0.39 is 0 Å². The summed E-state index contributed by atoms with van der Waals surface area (Å²) in [5, 5.41) is 6.02. The third kappa shape index (κ3) is 5.13. The van der Waals surface area contributed by atoms with Crippen LogP contribution in [0.15, 0.2) is 60.7 Å². The normalized spacial score (nSPS) is 10.5. The molecule has 3 rings (SSSR count). The van der Waals surface area contributed by atoms with Crippen molar-refractivity contribution >= 4 is 11.7 Å². The average molecular weight is 378 g/mol. The fraction of sp³-hybridized carbons (Fsp3) is 0.227. The van der Waals surface area contributed by atoms with E-state index in [9.17, 15) is 9.18 Å². The van der Waals surface area contributed by atoms with E-state index in [1.807, 2.05) is 43.3 Å². The van der Waals surface area contributed by atoms with Crippen molar-refractivity contribution in [1.82, 2.24) is 15.3 Å². The fourth-order valence-corrected chi connectivity index (χ4v) is 2.73. The Morgan fingerprint density at radius 1 is 1.00 bits per heavy atom. The summed E-state index contributed by atoms with van der Waals surface area (Å²) in [7, 11) is 0. The molecule has 28 heavy (non-hydrogen) atoms. The van der Waals surface area contributed by atoms with Crippen molar-refractivity contribution in [2.75, 3.05) is 18.4 Å². The molecule has 2 N–H and O–H groups in total. The topological polar surface area (TPSA) is 66.9 Å². The Bertz CT molecular complexity index is 931. The molecule has 0 aliphatic heterocycles. The summed E-state index contributed by atoms with van der Waals surface area (Å²) in [6, 6.07) is 17.8. The summed E-state index contributed by atoms with van der Waals surface area (Å²) in [6.45, 7) is 3.06. The highest BCUT2D eigenvalue weighted by molar-refractivity contribution is 5.93. The highest BCUT2D eigenvalue weighted by Gasteiger charge is 2.13. The number of hydrogen-bond donors (Lipinski definition) is 2. The minimum absolute atomic E-state index is 0.225. The quantitative estimate of drug-likeness (QED) is 0.620. The van der Waals surface area contributed by atoms with Crippen molar-refractivity contribution in [1.29, 1.82) is 0 Å². The maximum atomic E-state index is 13.8. The maximum absolute atomic E-state index is 13.8. The number of halogens is 1. The van der Waals surface area contributed by atoms with Gasteiger partial charge in [-0.1, -0.05) is 55.5 Å². The van der Waals surface area contributed by atoms with Crippen molar-refractivity contribution in [3.05, 3.63) is 77.7 Å². The Labute approximate surface area is 164 Å². The predicted octanol–water partition coefficient (Wildman–Crippen LogP) is 4.08. The van der Waals surface area contributed by atoms with Crippen LogP contribution in [0.3, 0.4) is 0 Å². The second-order valence-corrected chi connectivity index (χ2v) is 6.35. The third-order valence-corrected chi connectivity index (χ3v) is 4.18. The molecule has 0 aliphatic carbocycles. The summed E-state index contributed by atoms with van der Waals surface area (Å²) < 4.78 is 13.8. The molecule has 0 spiro atoms. The lowest BCUT2D eigenvalue weighted by atomic mass is 10.1. The van der Waals surface area contributed by atoms with Crippen LogP contribution >= 0.6 is 0 Å². The lowest BCUT2D eigenvalue weighted by Crippen LogP contribution is -2.25. The molecular weight excluding hydrogens is 355 g/mol. The molecule has 2 aromatic carbocycles. The van der Waals surface area contributed by atoms with E-state index in [0.717, 1.165) is 12.0 Å². The minimum atomic E-state index is -0.237. The van der Waals surface area contributed by atoms with Crippen LogP contribution in [0.25, 0.3) is 11.4 Å². The summed E-state index contributed by atoms with van der Waals surface area (Å²) in [6.07, 6.45) is 1.35. The van der Waals surface area contributed by atoms with Gasteiger partial charge in [-0.2, -0.15) is 0 Å². The monoisotopic (exact) mass is 378 g/mol. The van der Waals surface area contributed by atoms with Crippen LogP contribution in [-0.2, 0) is 6.42 Å². The zero-order chi connectivity index (χ0) is 19.8. The molecule has 6 heteroatoms. The molecule has 0 saturated heterocycles. The summed E-state index contributed by atoms with van der Waals surface area (Å²) in [5.41, 5.74) is 1.76. The molecule has 0 aliphatic rings. The number of nitrogens with one attached hydrogen (secondary N) is 2. The molecular formula is C22H23FN4O.